The van der Waals surface area contributed by atoms with E-state index in [1.807, 2.05) is 20.8 Å². The number of aromatic nitrogens is 2. The quantitative estimate of drug-likeness (QED) is 0.704. The highest BCUT2D eigenvalue weighted by atomic mass is 16.5. The highest BCUT2D eigenvalue weighted by Crippen LogP contribution is 2.24. The number of rotatable bonds is 5. The van der Waals surface area contributed by atoms with Crippen LogP contribution in [0.4, 0.5) is 11.5 Å². The number of nitrogens with one attached hydrogen (secondary N) is 2. The van der Waals surface area contributed by atoms with Crippen LogP contribution in [-0.2, 0) is 16.6 Å². The molecule has 0 aliphatic heterocycles. The summed E-state index contributed by atoms with van der Waals surface area (Å²) in [5.74, 6) is 0.673. The third-order valence-electron chi connectivity index (χ3n) is 4.02. The number of benzene rings is 1. The topological polar surface area (TPSA) is 97.1 Å². The summed E-state index contributed by atoms with van der Waals surface area (Å²) < 4.78 is 5.26. The number of pyridine rings is 1. The van der Waals surface area contributed by atoms with Gasteiger partial charge in [0.2, 0.25) is 5.91 Å². The lowest BCUT2D eigenvalue weighted by molar-refractivity contribution is -0.115. The zero-order valence-corrected chi connectivity index (χ0v) is 16.0. The minimum atomic E-state index is -0.237. The first-order chi connectivity index (χ1) is 13.3. The molecule has 7 heteroatoms. The van der Waals surface area contributed by atoms with Crippen LogP contribution in [0.5, 0.6) is 0 Å². The van der Waals surface area contributed by atoms with E-state index in [4.69, 9.17) is 4.52 Å². The fraction of sp³-hybridized carbons (Fsp3) is 0.238. The molecule has 144 valence electrons. The molecule has 3 rings (SSSR count). The van der Waals surface area contributed by atoms with Gasteiger partial charge in [-0.3, -0.25) is 14.6 Å². The predicted octanol–water partition coefficient (Wildman–Crippen LogP) is 3.80. The lowest BCUT2D eigenvalue weighted by Crippen LogP contribution is -2.15. The molecule has 0 aliphatic carbocycles. The van der Waals surface area contributed by atoms with Gasteiger partial charge in [0.15, 0.2) is 5.82 Å². The second kappa shape index (κ2) is 8.04. The van der Waals surface area contributed by atoms with Gasteiger partial charge in [-0.05, 0) is 29.8 Å². The van der Waals surface area contributed by atoms with Gasteiger partial charge in [-0.25, -0.2) is 0 Å². The van der Waals surface area contributed by atoms with Gasteiger partial charge in [0.1, 0.15) is 5.76 Å². The Labute approximate surface area is 163 Å². The van der Waals surface area contributed by atoms with Crippen LogP contribution in [0.3, 0.4) is 0 Å². The number of hydrogen-bond donors (Lipinski definition) is 2. The van der Waals surface area contributed by atoms with Gasteiger partial charge in [-0.1, -0.05) is 38.1 Å². The predicted molar refractivity (Wildman–Crippen MR) is 106 cm³/mol. The van der Waals surface area contributed by atoms with Crippen molar-refractivity contribution in [2.24, 2.45) is 0 Å². The van der Waals surface area contributed by atoms with Gasteiger partial charge in [-0.2, -0.15) is 0 Å². The SMILES string of the molecule is CC(C)(C)c1cc(NC(=O)Cc2ccc(NC(=O)c3cccnc3)cc2)no1. The van der Waals surface area contributed by atoms with Crippen LogP contribution in [0.15, 0.2) is 59.4 Å². The van der Waals surface area contributed by atoms with Gasteiger partial charge < -0.3 is 15.2 Å². The third-order valence-corrected chi connectivity index (χ3v) is 4.02. The van der Waals surface area contributed by atoms with E-state index in [0.717, 1.165) is 5.56 Å². The molecule has 0 saturated carbocycles. The maximum absolute atomic E-state index is 12.2. The van der Waals surface area contributed by atoms with E-state index >= 15 is 0 Å². The van der Waals surface area contributed by atoms with Crippen molar-refractivity contribution in [2.45, 2.75) is 32.6 Å². The number of carbonyl (C=O) groups is 2. The summed E-state index contributed by atoms with van der Waals surface area (Å²) in [7, 11) is 0. The van der Waals surface area contributed by atoms with Gasteiger partial charge in [0.05, 0.1) is 12.0 Å². The molecule has 3 aromatic rings. The summed E-state index contributed by atoms with van der Waals surface area (Å²) in [6, 6.07) is 12.2. The lowest BCUT2D eigenvalue weighted by Gasteiger charge is -2.12. The Morgan fingerprint density at radius 1 is 1.07 bits per heavy atom. The lowest BCUT2D eigenvalue weighted by atomic mass is 9.93. The summed E-state index contributed by atoms with van der Waals surface area (Å²) in [5.41, 5.74) is 1.76. The van der Waals surface area contributed by atoms with Gasteiger partial charge in [-0.15, -0.1) is 0 Å². The molecule has 2 heterocycles. The molecule has 1 aromatic carbocycles. The van der Waals surface area contributed by atoms with Gasteiger partial charge in [0, 0.05) is 29.6 Å². The molecule has 0 fully saturated rings. The Balaban J connectivity index is 1.56. The van der Waals surface area contributed by atoms with E-state index in [1.165, 1.54) is 6.20 Å². The highest BCUT2D eigenvalue weighted by Gasteiger charge is 2.20. The zero-order chi connectivity index (χ0) is 20.1. The van der Waals surface area contributed by atoms with Crippen molar-refractivity contribution in [1.29, 1.82) is 0 Å². The van der Waals surface area contributed by atoms with Crippen LogP contribution in [0.25, 0.3) is 0 Å². The molecule has 2 aromatic heterocycles. The molecule has 2 N–H and O–H groups in total. The molecule has 2 amide bonds. The third kappa shape index (κ3) is 5.03. The first-order valence-electron chi connectivity index (χ1n) is 8.88. The molecule has 0 radical (unpaired) electrons. The first kappa shape index (κ1) is 19.3. The van der Waals surface area contributed by atoms with Crippen molar-refractivity contribution in [3.05, 3.63) is 71.7 Å². The summed E-state index contributed by atoms with van der Waals surface area (Å²) in [6.45, 7) is 6.02. The van der Waals surface area contributed by atoms with Crippen LogP contribution in [0.1, 0.15) is 42.5 Å². The molecule has 0 saturated heterocycles. The Hall–Kier alpha value is -3.48. The molecule has 0 spiro atoms. The fourth-order valence-electron chi connectivity index (χ4n) is 2.47. The Morgan fingerprint density at radius 2 is 1.82 bits per heavy atom. The number of nitrogens with zero attached hydrogens (tertiary/aromatic N) is 2. The second-order valence-corrected chi connectivity index (χ2v) is 7.44. The van der Waals surface area contributed by atoms with Crippen molar-refractivity contribution in [3.8, 4) is 0 Å². The standard InChI is InChI=1S/C21H22N4O3/c1-21(2,3)17-12-18(25-28-17)24-19(26)11-14-6-8-16(9-7-14)23-20(27)15-5-4-10-22-13-15/h4-10,12-13H,11H2,1-3H3,(H,23,27)(H,24,25,26). The van der Waals surface area contributed by atoms with E-state index in [1.54, 1.807) is 48.7 Å². The van der Waals surface area contributed by atoms with E-state index in [-0.39, 0.29) is 23.7 Å². The fourth-order valence-corrected chi connectivity index (χ4v) is 2.47. The van der Waals surface area contributed by atoms with E-state index in [2.05, 4.69) is 20.8 Å². The Bertz CT molecular complexity index is 957. The normalized spacial score (nSPS) is 11.1. The summed E-state index contributed by atoms with van der Waals surface area (Å²) in [4.78, 5) is 28.3. The van der Waals surface area contributed by atoms with Gasteiger partial charge in [0.25, 0.3) is 5.91 Å². The van der Waals surface area contributed by atoms with Crippen molar-refractivity contribution < 1.29 is 14.1 Å². The largest absolute Gasteiger partial charge is 0.359 e. The number of hydrogen-bond acceptors (Lipinski definition) is 5. The smallest absolute Gasteiger partial charge is 0.257 e. The van der Waals surface area contributed by atoms with E-state index < -0.39 is 0 Å². The average molecular weight is 378 g/mol. The second-order valence-electron chi connectivity index (χ2n) is 7.44. The molecule has 28 heavy (non-hydrogen) atoms. The van der Waals surface area contributed by atoms with Crippen LogP contribution >= 0.6 is 0 Å². The Morgan fingerprint density at radius 3 is 2.43 bits per heavy atom. The summed E-state index contributed by atoms with van der Waals surface area (Å²) in [5, 5.41) is 9.40. The van der Waals surface area contributed by atoms with Crippen molar-refractivity contribution in [3.63, 3.8) is 0 Å². The zero-order valence-electron chi connectivity index (χ0n) is 16.0. The molecule has 0 aliphatic rings. The van der Waals surface area contributed by atoms with Crippen LogP contribution in [0, 0.1) is 0 Å². The van der Waals surface area contributed by atoms with Crippen LogP contribution < -0.4 is 10.6 Å². The van der Waals surface area contributed by atoms with Crippen molar-refractivity contribution in [1.82, 2.24) is 10.1 Å². The molecule has 0 atom stereocenters. The van der Waals surface area contributed by atoms with Crippen LogP contribution in [-0.4, -0.2) is 22.0 Å². The maximum Gasteiger partial charge on any atom is 0.257 e. The minimum absolute atomic E-state index is 0.175. The molecule has 0 unspecified atom stereocenters. The van der Waals surface area contributed by atoms with Gasteiger partial charge >= 0.3 is 0 Å². The Kier molecular flexibility index (Phi) is 5.54. The van der Waals surface area contributed by atoms with Crippen molar-refractivity contribution in [2.75, 3.05) is 10.6 Å². The number of carbonyl (C=O) groups excluding carboxylic acids is 2. The van der Waals surface area contributed by atoms with E-state index in [9.17, 15) is 9.59 Å². The highest BCUT2D eigenvalue weighted by molar-refractivity contribution is 6.04. The minimum Gasteiger partial charge on any atom is -0.359 e. The molecular formula is C21H22N4O3. The van der Waals surface area contributed by atoms with Crippen molar-refractivity contribution >= 4 is 23.3 Å². The molecule has 0 bridgehead atoms. The number of anilines is 2. The first-order valence-corrected chi connectivity index (χ1v) is 8.88. The summed E-state index contributed by atoms with van der Waals surface area (Å²) in [6.07, 6.45) is 3.30. The monoisotopic (exact) mass is 378 g/mol. The molecule has 7 nitrogen and oxygen atoms in total. The number of amides is 2. The van der Waals surface area contributed by atoms with E-state index in [0.29, 0.717) is 22.8 Å². The average Bonchev–Trinajstić information content (AvgIpc) is 3.13. The maximum atomic E-state index is 12.2. The molecular weight excluding hydrogens is 356 g/mol. The summed E-state index contributed by atoms with van der Waals surface area (Å²) >= 11 is 0. The van der Waals surface area contributed by atoms with Crippen LogP contribution in [0.2, 0.25) is 0 Å².